The highest BCUT2D eigenvalue weighted by Gasteiger charge is 2.59. The summed E-state index contributed by atoms with van der Waals surface area (Å²) in [4.78, 5) is 28.4. The Bertz CT molecular complexity index is 421. The van der Waals surface area contributed by atoms with Crippen molar-refractivity contribution in [2.75, 3.05) is 33.7 Å². The molecule has 2 atom stereocenters. The highest BCUT2D eigenvalue weighted by molar-refractivity contribution is 5.90. The minimum atomic E-state index is -0.211. The number of hydrogen-bond donors (Lipinski definition) is 1. The van der Waals surface area contributed by atoms with E-state index in [1.807, 2.05) is 4.90 Å². The number of likely N-dealkylation sites (N-methyl/N-ethyl adjacent to an activating group) is 1. The maximum absolute atomic E-state index is 12.8. The summed E-state index contributed by atoms with van der Waals surface area (Å²) in [6, 6.07) is -0.211. The Morgan fingerprint density at radius 3 is 2.52 bits per heavy atom. The van der Waals surface area contributed by atoms with E-state index < -0.39 is 0 Å². The van der Waals surface area contributed by atoms with E-state index in [-0.39, 0.29) is 41.6 Å². The fourth-order valence-electron chi connectivity index (χ4n) is 3.96. The maximum atomic E-state index is 12.8. The van der Waals surface area contributed by atoms with Gasteiger partial charge in [-0.15, -0.1) is 12.4 Å². The molecule has 2 aliphatic heterocycles. The molecule has 1 saturated carbocycles. The molecule has 0 aromatic heterocycles. The van der Waals surface area contributed by atoms with Crippen molar-refractivity contribution >= 4 is 24.2 Å². The first-order valence-corrected chi connectivity index (χ1v) is 7.77. The largest absolute Gasteiger partial charge is 0.347 e. The molecule has 5 nitrogen and oxygen atoms in total. The molecule has 0 bridgehead atoms. The molecular weight excluding hydrogens is 290 g/mol. The molecule has 120 valence electrons. The number of rotatable bonds is 2. The van der Waals surface area contributed by atoms with Crippen LogP contribution in [0.25, 0.3) is 0 Å². The number of carbonyl (C=O) groups is 2. The van der Waals surface area contributed by atoms with Gasteiger partial charge < -0.3 is 15.1 Å². The maximum Gasteiger partial charge on any atom is 0.244 e. The van der Waals surface area contributed by atoms with Gasteiger partial charge in [-0.1, -0.05) is 0 Å². The fourth-order valence-corrected chi connectivity index (χ4v) is 3.96. The monoisotopic (exact) mass is 315 g/mol. The predicted molar refractivity (Wildman–Crippen MR) is 83.3 cm³/mol. The Morgan fingerprint density at radius 2 is 1.90 bits per heavy atom. The van der Waals surface area contributed by atoms with Crippen LogP contribution in [-0.2, 0) is 9.59 Å². The minimum absolute atomic E-state index is 0. The van der Waals surface area contributed by atoms with Crippen LogP contribution in [0.2, 0.25) is 0 Å². The second kappa shape index (κ2) is 6.13. The van der Waals surface area contributed by atoms with Crippen LogP contribution >= 0.6 is 12.4 Å². The molecular formula is C15H26ClN3O2. The zero-order valence-corrected chi connectivity index (χ0v) is 13.7. The molecule has 3 rings (SSSR count). The van der Waals surface area contributed by atoms with Crippen LogP contribution in [-0.4, -0.2) is 61.4 Å². The summed E-state index contributed by atoms with van der Waals surface area (Å²) >= 11 is 0. The summed E-state index contributed by atoms with van der Waals surface area (Å²) in [6.07, 6.45) is 5.04. The lowest BCUT2D eigenvalue weighted by Gasteiger charge is -2.29. The van der Waals surface area contributed by atoms with Crippen LogP contribution in [0.1, 0.15) is 32.1 Å². The van der Waals surface area contributed by atoms with Gasteiger partial charge in [0.15, 0.2) is 0 Å². The zero-order valence-electron chi connectivity index (χ0n) is 12.9. The third-order valence-corrected chi connectivity index (χ3v) is 5.35. The molecule has 1 N–H and O–H groups in total. The highest BCUT2D eigenvalue weighted by Crippen LogP contribution is 2.59. The Hall–Kier alpha value is -0.810. The van der Waals surface area contributed by atoms with Crippen LogP contribution in [0.3, 0.4) is 0 Å². The molecule has 1 aliphatic carbocycles. The van der Waals surface area contributed by atoms with Gasteiger partial charge in [-0.3, -0.25) is 9.59 Å². The SMILES string of the molecule is CN(C)C(=O)C1CCCN1C(=O)C1CC12CCNCC2.Cl. The van der Waals surface area contributed by atoms with Crippen LogP contribution in [0.15, 0.2) is 0 Å². The second-order valence-electron chi connectivity index (χ2n) is 6.79. The van der Waals surface area contributed by atoms with Crippen molar-refractivity contribution in [1.29, 1.82) is 0 Å². The van der Waals surface area contributed by atoms with Crippen molar-refractivity contribution in [3.8, 4) is 0 Å². The van der Waals surface area contributed by atoms with E-state index in [0.29, 0.717) is 0 Å². The number of piperidine rings is 1. The molecule has 3 aliphatic rings. The summed E-state index contributed by atoms with van der Waals surface area (Å²) in [5, 5.41) is 3.37. The molecule has 0 aromatic carbocycles. The third-order valence-electron chi connectivity index (χ3n) is 5.35. The molecule has 2 saturated heterocycles. The van der Waals surface area contributed by atoms with Gasteiger partial charge in [0.2, 0.25) is 11.8 Å². The van der Waals surface area contributed by atoms with E-state index in [0.717, 1.165) is 51.7 Å². The number of likely N-dealkylation sites (tertiary alicyclic amines) is 1. The Labute approximate surface area is 132 Å². The van der Waals surface area contributed by atoms with Gasteiger partial charge in [0, 0.05) is 26.6 Å². The van der Waals surface area contributed by atoms with Gasteiger partial charge in [0.25, 0.3) is 0 Å². The van der Waals surface area contributed by atoms with Crippen molar-refractivity contribution < 1.29 is 9.59 Å². The van der Waals surface area contributed by atoms with Gasteiger partial charge in [-0.2, -0.15) is 0 Å². The number of nitrogens with one attached hydrogen (secondary N) is 1. The highest BCUT2D eigenvalue weighted by atomic mass is 35.5. The van der Waals surface area contributed by atoms with E-state index in [2.05, 4.69) is 5.32 Å². The van der Waals surface area contributed by atoms with Crippen LogP contribution < -0.4 is 5.32 Å². The van der Waals surface area contributed by atoms with Gasteiger partial charge in [0.1, 0.15) is 6.04 Å². The first-order chi connectivity index (χ1) is 9.55. The first kappa shape index (κ1) is 16.6. The standard InChI is InChI=1S/C15H25N3O2.ClH/c1-17(2)14(20)12-4-3-9-18(12)13(19)11-10-15(11)5-7-16-8-6-15;/h11-12,16H,3-10H2,1-2H3;1H. The zero-order chi connectivity index (χ0) is 14.3. The van der Waals surface area contributed by atoms with Crippen molar-refractivity contribution in [1.82, 2.24) is 15.1 Å². The van der Waals surface area contributed by atoms with Crippen LogP contribution in [0.5, 0.6) is 0 Å². The average Bonchev–Trinajstić information content (AvgIpc) is 2.91. The molecule has 21 heavy (non-hydrogen) atoms. The van der Waals surface area contributed by atoms with Crippen molar-refractivity contribution in [2.24, 2.45) is 11.3 Å². The number of amides is 2. The second-order valence-corrected chi connectivity index (χ2v) is 6.79. The number of hydrogen-bond acceptors (Lipinski definition) is 3. The summed E-state index contributed by atoms with van der Waals surface area (Å²) in [7, 11) is 3.55. The lowest BCUT2D eigenvalue weighted by Crippen LogP contribution is -2.46. The van der Waals surface area contributed by atoms with E-state index in [1.54, 1.807) is 19.0 Å². The topological polar surface area (TPSA) is 52.7 Å². The van der Waals surface area contributed by atoms with E-state index in [4.69, 9.17) is 0 Å². The van der Waals surface area contributed by atoms with Crippen LogP contribution in [0.4, 0.5) is 0 Å². The van der Waals surface area contributed by atoms with Crippen LogP contribution in [0, 0.1) is 11.3 Å². The van der Waals surface area contributed by atoms with E-state index in [9.17, 15) is 9.59 Å². The smallest absolute Gasteiger partial charge is 0.244 e. The molecule has 0 radical (unpaired) electrons. The van der Waals surface area contributed by atoms with Crippen molar-refractivity contribution in [2.45, 2.75) is 38.1 Å². The first-order valence-electron chi connectivity index (χ1n) is 7.77. The summed E-state index contributed by atoms with van der Waals surface area (Å²) in [5.74, 6) is 0.501. The van der Waals surface area contributed by atoms with Gasteiger partial charge in [0.05, 0.1) is 0 Å². The Balaban J connectivity index is 0.00000161. The quantitative estimate of drug-likeness (QED) is 0.823. The van der Waals surface area contributed by atoms with Crippen molar-refractivity contribution in [3.63, 3.8) is 0 Å². The average molecular weight is 316 g/mol. The number of halogens is 1. The third kappa shape index (κ3) is 2.90. The normalized spacial score (nSPS) is 29.9. The molecule has 6 heteroatoms. The Kier molecular flexibility index (Phi) is 4.83. The molecule has 2 unspecified atom stereocenters. The summed E-state index contributed by atoms with van der Waals surface area (Å²) in [5.41, 5.74) is 0.261. The van der Waals surface area contributed by atoms with E-state index in [1.165, 1.54) is 0 Å². The molecule has 2 amide bonds. The lowest BCUT2D eigenvalue weighted by atomic mass is 9.91. The molecule has 0 aromatic rings. The Morgan fingerprint density at radius 1 is 1.24 bits per heavy atom. The fraction of sp³-hybridized carbons (Fsp3) is 0.867. The number of carbonyl (C=O) groups excluding carboxylic acids is 2. The lowest BCUT2D eigenvalue weighted by molar-refractivity contribution is -0.143. The van der Waals surface area contributed by atoms with Gasteiger partial charge >= 0.3 is 0 Å². The number of nitrogens with zero attached hydrogens (tertiary/aromatic N) is 2. The summed E-state index contributed by atoms with van der Waals surface area (Å²) < 4.78 is 0. The molecule has 3 fully saturated rings. The van der Waals surface area contributed by atoms with E-state index >= 15 is 0 Å². The molecule has 1 spiro atoms. The van der Waals surface area contributed by atoms with Gasteiger partial charge in [-0.25, -0.2) is 0 Å². The van der Waals surface area contributed by atoms with Gasteiger partial charge in [-0.05, 0) is 50.6 Å². The molecule has 2 heterocycles. The summed E-state index contributed by atoms with van der Waals surface area (Å²) in [6.45, 7) is 2.82. The van der Waals surface area contributed by atoms with Crippen molar-refractivity contribution in [3.05, 3.63) is 0 Å². The predicted octanol–water partition coefficient (Wildman–Crippen LogP) is 0.877. The minimum Gasteiger partial charge on any atom is -0.347 e.